The molecule has 4 nitrogen and oxygen atoms in total. The molecule has 0 aliphatic heterocycles. The van der Waals surface area contributed by atoms with Gasteiger partial charge in [-0.25, -0.2) is 15.0 Å². The number of nitrogens with zero attached hydrogens (tertiary/aromatic N) is 4. The molecule has 0 fully saturated rings. The fourth-order valence-electron chi connectivity index (χ4n) is 5.13. The molecule has 2 aromatic heterocycles. The second-order valence-corrected chi connectivity index (χ2v) is 9.71. The molecule has 4 heteroatoms. The number of benzene rings is 6. The van der Waals surface area contributed by atoms with Gasteiger partial charge in [-0.1, -0.05) is 127 Å². The zero-order chi connectivity index (χ0) is 38.2. The Hall–Kier alpha value is -5.87. The first kappa shape index (κ1) is 15.9. The molecule has 8 rings (SSSR count). The lowest BCUT2D eigenvalue weighted by atomic mass is 10.0. The van der Waals surface area contributed by atoms with Crippen LogP contribution in [0.1, 0.15) is 15.1 Å². The largest absolute Gasteiger partial charge is 0.309 e. The van der Waals surface area contributed by atoms with Gasteiger partial charge < -0.3 is 4.57 Å². The van der Waals surface area contributed by atoms with Crippen molar-refractivity contribution in [1.29, 1.82) is 0 Å². The molecule has 0 unspecified atom stereocenters. The lowest BCUT2D eigenvalue weighted by molar-refractivity contribution is 1.07. The molecule has 0 radical (unpaired) electrons. The third kappa shape index (κ3) is 4.55. The van der Waals surface area contributed by atoms with Crippen molar-refractivity contribution < 1.29 is 15.1 Å². The van der Waals surface area contributed by atoms with Crippen LogP contribution in [0, 0.1) is 0 Å². The van der Waals surface area contributed by atoms with Gasteiger partial charge in [0.25, 0.3) is 0 Å². The van der Waals surface area contributed by atoms with Crippen LogP contribution < -0.4 is 0 Å². The van der Waals surface area contributed by atoms with Crippen LogP contribution in [0.3, 0.4) is 0 Å². The van der Waals surface area contributed by atoms with E-state index in [1.165, 1.54) is 12.1 Å². The second-order valence-electron chi connectivity index (χ2n) is 9.71. The van der Waals surface area contributed by atoms with Crippen molar-refractivity contribution in [3.05, 3.63) is 157 Å². The number of hydrogen-bond acceptors (Lipinski definition) is 3. The van der Waals surface area contributed by atoms with Gasteiger partial charge in [0.2, 0.25) is 0 Å². The van der Waals surface area contributed by atoms with E-state index < -0.39 is 30.2 Å². The summed E-state index contributed by atoms with van der Waals surface area (Å²) >= 11 is 0. The van der Waals surface area contributed by atoms with Gasteiger partial charge in [0, 0.05) is 33.2 Å². The van der Waals surface area contributed by atoms with E-state index in [1.54, 1.807) is 34.9 Å². The average molecular weight is 562 g/mol. The Bertz CT molecular complexity index is 2740. The monoisotopic (exact) mass is 561 g/mol. The number of rotatable bonds is 5. The Morgan fingerprint density at radius 2 is 0.953 bits per heavy atom. The number of fused-ring (bicyclic) bond motifs is 3. The van der Waals surface area contributed by atoms with Crippen molar-refractivity contribution in [1.82, 2.24) is 19.5 Å². The maximum atomic E-state index is 8.98. The van der Waals surface area contributed by atoms with Crippen LogP contribution >= 0.6 is 0 Å². The minimum Gasteiger partial charge on any atom is -0.309 e. The van der Waals surface area contributed by atoms with Gasteiger partial charge in [-0.05, 0) is 41.4 Å². The molecule has 0 atom stereocenters. The number of aromatic nitrogens is 4. The fraction of sp³-hybridized carbons (Fsp3) is 0. The maximum Gasteiger partial charge on any atom is 0.164 e. The highest BCUT2D eigenvalue weighted by molar-refractivity contribution is 6.09. The summed E-state index contributed by atoms with van der Waals surface area (Å²) in [5.41, 5.74) is 2.97. The normalized spacial score (nSPS) is 14.8. The molecule has 0 aliphatic rings. The lowest BCUT2D eigenvalue weighted by Crippen LogP contribution is -2.01. The SMILES string of the molecule is [2H]c1cc([2H])c2c(c1[2H])c1c([2H])c([2H])cc([2H])c1n2-c1cc(-c2ccccc2)cc(-c2nc(-c3ccccc3)nc(-c3c([2H])c([2H])c([2H])c([2H])c3[2H])n2)c1. The van der Waals surface area contributed by atoms with E-state index >= 15 is 0 Å². The summed E-state index contributed by atoms with van der Waals surface area (Å²) in [5.74, 6) is 0.119. The Labute approximate surface area is 265 Å². The van der Waals surface area contributed by atoms with Crippen LogP contribution in [-0.2, 0) is 0 Å². The summed E-state index contributed by atoms with van der Waals surface area (Å²) in [6.07, 6.45) is 0. The van der Waals surface area contributed by atoms with Crippen LogP contribution in [0.2, 0.25) is 0 Å². The Morgan fingerprint density at radius 1 is 0.419 bits per heavy atom. The molecule has 0 aliphatic carbocycles. The molecule has 2 heterocycles. The molecule has 0 saturated heterocycles. The van der Waals surface area contributed by atoms with Crippen molar-refractivity contribution in [2.75, 3.05) is 0 Å². The molecular formula is C39H26N4. The Kier molecular flexibility index (Phi) is 3.90. The van der Waals surface area contributed by atoms with Gasteiger partial charge in [-0.3, -0.25) is 0 Å². The molecule has 0 saturated carbocycles. The van der Waals surface area contributed by atoms with E-state index in [4.69, 9.17) is 25.0 Å². The van der Waals surface area contributed by atoms with E-state index in [0.29, 0.717) is 22.4 Å². The Morgan fingerprint density at radius 3 is 1.58 bits per heavy atom. The first-order chi connectivity index (χ1) is 25.8. The predicted octanol–water partition coefficient (Wildman–Crippen LogP) is 9.64. The van der Waals surface area contributed by atoms with Gasteiger partial charge in [-0.15, -0.1) is 0 Å². The first-order valence-corrected chi connectivity index (χ1v) is 13.5. The minimum absolute atomic E-state index is 0.0897. The predicted molar refractivity (Wildman–Crippen MR) is 176 cm³/mol. The minimum atomic E-state index is -0.554. The van der Waals surface area contributed by atoms with E-state index in [0.717, 1.165) is 5.56 Å². The highest BCUT2D eigenvalue weighted by Gasteiger charge is 2.17. The number of hydrogen-bond donors (Lipinski definition) is 0. The van der Waals surface area contributed by atoms with Gasteiger partial charge in [0.1, 0.15) is 0 Å². The number of para-hydroxylation sites is 2. The van der Waals surface area contributed by atoms with Crippen LogP contribution in [0.5, 0.6) is 0 Å². The van der Waals surface area contributed by atoms with E-state index in [-0.39, 0.29) is 81.1 Å². The van der Waals surface area contributed by atoms with Gasteiger partial charge in [0.15, 0.2) is 17.5 Å². The summed E-state index contributed by atoms with van der Waals surface area (Å²) in [5, 5.41) is 0.216. The van der Waals surface area contributed by atoms with Crippen LogP contribution in [0.4, 0.5) is 0 Å². The van der Waals surface area contributed by atoms with Gasteiger partial charge >= 0.3 is 0 Å². The van der Waals surface area contributed by atoms with Crippen molar-refractivity contribution in [2.24, 2.45) is 0 Å². The highest BCUT2D eigenvalue weighted by atomic mass is 15.0. The third-order valence-corrected chi connectivity index (χ3v) is 7.06. The smallest absolute Gasteiger partial charge is 0.164 e. The van der Waals surface area contributed by atoms with Crippen LogP contribution in [0.15, 0.2) is 157 Å². The molecule has 0 N–H and O–H groups in total. The molecular weight excluding hydrogens is 524 g/mol. The van der Waals surface area contributed by atoms with Crippen LogP contribution in [0.25, 0.3) is 72.8 Å². The molecule has 0 bridgehead atoms. The zero-order valence-electron chi connectivity index (χ0n) is 33.4. The van der Waals surface area contributed by atoms with Crippen molar-refractivity contribution in [3.63, 3.8) is 0 Å². The lowest BCUT2D eigenvalue weighted by Gasteiger charge is -2.14. The van der Waals surface area contributed by atoms with Crippen molar-refractivity contribution >= 4 is 21.8 Å². The fourth-order valence-corrected chi connectivity index (χ4v) is 5.13. The van der Waals surface area contributed by atoms with Crippen molar-refractivity contribution in [2.45, 2.75) is 0 Å². The van der Waals surface area contributed by atoms with Gasteiger partial charge in [-0.2, -0.15) is 0 Å². The standard InChI is InChI=1S/C39H26N4/c1-4-14-27(15-5-1)30-24-31(26-32(25-30)43-35-22-12-10-20-33(35)34-21-11-13-23-36(34)43)39-41-37(28-16-6-2-7-17-28)40-38(42-39)29-18-8-3-9-19-29/h1-26H/i2D,6D,7D,10D,11D,16D,17D,20D,21D,22D,23D. The van der Waals surface area contributed by atoms with E-state index in [2.05, 4.69) is 4.98 Å². The molecule has 0 spiro atoms. The zero-order valence-corrected chi connectivity index (χ0v) is 22.4. The Balaban J connectivity index is 1.50. The summed E-state index contributed by atoms with van der Waals surface area (Å²) in [7, 11) is 0. The third-order valence-electron chi connectivity index (χ3n) is 7.06. The molecule has 43 heavy (non-hydrogen) atoms. The van der Waals surface area contributed by atoms with Gasteiger partial charge in [0.05, 0.1) is 26.1 Å². The highest BCUT2D eigenvalue weighted by Crippen LogP contribution is 2.36. The second kappa shape index (κ2) is 10.5. The summed E-state index contributed by atoms with van der Waals surface area (Å²) in [6, 6.07) is 22.4. The average Bonchev–Trinajstić information content (AvgIpc) is 3.56. The van der Waals surface area contributed by atoms with Crippen LogP contribution in [-0.4, -0.2) is 19.5 Å². The molecule has 6 aromatic carbocycles. The first-order valence-electron chi connectivity index (χ1n) is 19.0. The van der Waals surface area contributed by atoms with E-state index in [1.807, 2.05) is 48.5 Å². The molecule has 202 valence electrons. The summed E-state index contributed by atoms with van der Waals surface area (Å²) in [4.78, 5) is 14.1. The molecule has 8 aromatic rings. The quantitative estimate of drug-likeness (QED) is 0.210. The van der Waals surface area contributed by atoms with E-state index in [9.17, 15) is 0 Å². The summed E-state index contributed by atoms with van der Waals surface area (Å²) < 4.78 is 96.2. The maximum absolute atomic E-state index is 8.98. The molecule has 0 amide bonds. The topological polar surface area (TPSA) is 43.6 Å². The summed E-state index contributed by atoms with van der Waals surface area (Å²) in [6.45, 7) is 0. The van der Waals surface area contributed by atoms with Crippen molar-refractivity contribution in [3.8, 4) is 51.0 Å².